The van der Waals surface area contributed by atoms with Gasteiger partial charge in [0.1, 0.15) is 11.4 Å². The molecule has 118 valence electrons. The number of anilines is 1. The van der Waals surface area contributed by atoms with E-state index in [0.29, 0.717) is 5.69 Å². The molecule has 0 atom stereocenters. The number of nitrogens with one attached hydrogen (secondary N) is 2. The highest BCUT2D eigenvalue weighted by Crippen LogP contribution is 2.26. The second-order valence-electron chi connectivity index (χ2n) is 5.10. The first-order chi connectivity index (χ1) is 11.0. The lowest BCUT2D eigenvalue weighted by Gasteiger charge is -2.10. The van der Waals surface area contributed by atoms with E-state index in [1.54, 1.807) is 18.2 Å². The molecule has 0 spiro atoms. The fourth-order valence-electron chi connectivity index (χ4n) is 2.32. The Balaban J connectivity index is 1.86. The van der Waals surface area contributed by atoms with E-state index >= 15 is 0 Å². The van der Waals surface area contributed by atoms with Crippen LogP contribution in [-0.4, -0.2) is 17.5 Å². The van der Waals surface area contributed by atoms with Gasteiger partial charge >= 0.3 is 6.61 Å². The second kappa shape index (κ2) is 6.08. The van der Waals surface area contributed by atoms with Crippen LogP contribution in [0.3, 0.4) is 0 Å². The van der Waals surface area contributed by atoms with Crippen molar-refractivity contribution in [2.75, 3.05) is 5.32 Å². The van der Waals surface area contributed by atoms with Crippen LogP contribution in [0.2, 0.25) is 0 Å². The van der Waals surface area contributed by atoms with Crippen molar-refractivity contribution < 1.29 is 18.3 Å². The molecule has 0 aliphatic carbocycles. The van der Waals surface area contributed by atoms with Gasteiger partial charge in [0, 0.05) is 10.9 Å². The number of fused-ring (bicyclic) bond motifs is 1. The van der Waals surface area contributed by atoms with E-state index in [1.807, 2.05) is 25.1 Å². The number of carbonyl (C=O) groups excluding carboxylic acids is 1. The minimum atomic E-state index is -2.95. The molecule has 4 nitrogen and oxygen atoms in total. The van der Waals surface area contributed by atoms with Crippen molar-refractivity contribution in [2.45, 2.75) is 13.5 Å². The van der Waals surface area contributed by atoms with E-state index in [9.17, 15) is 13.6 Å². The molecule has 0 saturated carbocycles. The van der Waals surface area contributed by atoms with Crippen molar-refractivity contribution in [3.05, 3.63) is 59.8 Å². The molecule has 1 amide bonds. The highest BCUT2D eigenvalue weighted by molar-refractivity contribution is 6.06. The van der Waals surface area contributed by atoms with Gasteiger partial charge in [-0.1, -0.05) is 24.3 Å². The number of benzene rings is 2. The fraction of sp³-hybridized carbons (Fsp3) is 0.118. The molecule has 2 aromatic carbocycles. The summed E-state index contributed by atoms with van der Waals surface area (Å²) in [5.41, 5.74) is 2.44. The lowest BCUT2D eigenvalue weighted by atomic mass is 10.2. The minimum Gasteiger partial charge on any atom is -0.433 e. The van der Waals surface area contributed by atoms with Gasteiger partial charge in [-0.2, -0.15) is 8.78 Å². The van der Waals surface area contributed by atoms with E-state index in [0.717, 1.165) is 16.5 Å². The Morgan fingerprint density at radius 3 is 2.74 bits per heavy atom. The molecular weight excluding hydrogens is 302 g/mol. The highest BCUT2D eigenvalue weighted by Gasteiger charge is 2.14. The van der Waals surface area contributed by atoms with Gasteiger partial charge in [-0.3, -0.25) is 4.79 Å². The van der Waals surface area contributed by atoms with E-state index in [-0.39, 0.29) is 11.4 Å². The van der Waals surface area contributed by atoms with E-state index in [4.69, 9.17) is 0 Å². The summed E-state index contributed by atoms with van der Waals surface area (Å²) < 4.78 is 29.2. The SMILES string of the molecule is Cc1ccc2cc(C(=O)Nc3ccccc3OC(F)F)[nH]c2c1. The number of aromatic nitrogens is 1. The van der Waals surface area contributed by atoms with E-state index < -0.39 is 12.5 Å². The maximum atomic E-state index is 12.4. The van der Waals surface area contributed by atoms with Crippen LogP contribution in [0.1, 0.15) is 16.1 Å². The molecule has 0 radical (unpaired) electrons. The van der Waals surface area contributed by atoms with Crippen LogP contribution >= 0.6 is 0 Å². The zero-order valence-electron chi connectivity index (χ0n) is 12.3. The molecular formula is C17H14F2N2O2. The lowest BCUT2D eigenvalue weighted by Crippen LogP contribution is -2.14. The summed E-state index contributed by atoms with van der Waals surface area (Å²) in [6, 6.07) is 13.6. The molecule has 0 aliphatic heterocycles. The van der Waals surface area contributed by atoms with Crippen LogP contribution in [-0.2, 0) is 0 Å². The van der Waals surface area contributed by atoms with Gasteiger partial charge in [-0.15, -0.1) is 0 Å². The minimum absolute atomic E-state index is 0.0807. The number of rotatable bonds is 4. The highest BCUT2D eigenvalue weighted by atomic mass is 19.3. The average Bonchev–Trinajstić information content (AvgIpc) is 2.92. The zero-order valence-corrected chi connectivity index (χ0v) is 12.3. The molecule has 0 bridgehead atoms. The number of aryl methyl sites for hydroxylation is 1. The van der Waals surface area contributed by atoms with Crippen LogP contribution < -0.4 is 10.1 Å². The van der Waals surface area contributed by atoms with Crippen molar-refractivity contribution in [3.63, 3.8) is 0 Å². The maximum absolute atomic E-state index is 12.4. The van der Waals surface area contributed by atoms with Crippen molar-refractivity contribution >= 4 is 22.5 Å². The van der Waals surface area contributed by atoms with E-state index in [1.165, 1.54) is 12.1 Å². The molecule has 2 N–H and O–H groups in total. The number of hydrogen-bond donors (Lipinski definition) is 2. The molecule has 0 unspecified atom stereocenters. The van der Waals surface area contributed by atoms with Crippen molar-refractivity contribution in [1.29, 1.82) is 0 Å². The summed E-state index contributed by atoms with van der Waals surface area (Å²) in [5.74, 6) is -0.507. The third-order valence-electron chi connectivity index (χ3n) is 3.37. The van der Waals surface area contributed by atoms with Crippen molar-refractivity contribution in [2.24, 2.45) is 0 Å². The molecule has 1 aromatic heterocycles. The quantitative estimate of drug-likeness (QED) is 0.752. The largest absolute Gasteiger partial charge is 0.433 e. The average molecular weight is 316 g/mol. The summed E-state index contributed by atoms with van der Waals surface area (Å²) in [6.45, 7) is -0.998. The molecule has 0 saturated heterocycles. The normalized spacial score (nSPS) is 11.0. The number of para-hydroxylation sites is 2. The number of alkyl halides is 2. The first-order valence-corrected chi connectivity index (χ1v) is 6.97. The van der Waals surface area contributed by atoms with Crippen LogP contribution in [0.25, 0.3) is 10.9 Å². The third kappa shape index (κ3) is 3.31. The van der Waals surface area contributed by atoms with Gasteiger partial charge in [0.25, 0.3) is 5.91 Å². The molecule has 3 aromatic rings. The maximum Gasteiger partial charge on any atom is 0.387 e. The number of H-pyrrole nitrogens is 1. The van der Waals surface area contributed by atoms with E-state index in [2.05, 4.69) is 15.0 Å². The smallest absolute Gasteiger partial charge is 0.387 e. The molecule has 1 heterocycles. The Bertz CT molecular complexity index is 859. The van der Waals surface area contributed by atoms with Crippen molar-refractivity contribution in [1.82, 2.24) is 4.98 Å². The summed E-state index contributed by atoms with van der Waals surface area (Å²) in [4.78, 5) is 15.3. The summed E-state index contributed by atoms with van der Waals surface area (Å²) in [5, 5.41) is 3.48. The number of aromatic amines is 1. The summed E-state index contributed by atoms with van der Waals surface area (Å²) in [6.07, 6.45) is 0. The molecule has 3 rings (SSSR count). The summed E-state index contributed by atoms with van der Waals surface area (Å²) in [7, 11) is 0. The number of halogens is 2. The van der Waals surface area contributed by atoms with Crippen LogP contribution in [0.4, 0.5) is 14.5 Å². The van der Waals surface area contributed by atoms with Gasteiger partial charge in [0.2, 0.25) is 0 Å². The summed E-state index contributed by atoms with van der Waals surface area (Å²) >= 11 is 0. The predicted octanol–water partition coefficient (Wildman–Crippen LogP) is 4.33. The Morgan fingerprint density at radius 2 is 1.96 bits per heavy atom. The molecule has 23 heavy (non-hydrogen) atoms. The Morgan fingerprint density at radius 1 is 1.17 bits per heavy atom. The van der Waals surface area contributed by atoms with Gasteiger partial charge in [-0.25, -0.2) is 0 Å². The first-order valence-electron chi connectivity index (χ1n) is 6.97. The standard InChI is InChI=1S/C17H14F2N2O2/c1-10-6-7-11-9-14(20-13(11)8-10)16(22)21-12-4-2-3-5-15(12)23-17(18)19/h2-9,17,20H,1H3,(H,21,22). The van der Waals surface area contributed by atoms with Gasteiger partial charge < -0.3 is 15.0 Å². The molecule has 0 aliphatic rings. The Hall–Kier alpha value is -2.89. The van der Waals surface area contributed by atoms with Gasteiger partial charge in [-0.05, 0) is 36.8 Å². The number of hydrogen-bond acceptors (Lipinski definition) is 2. The third-order valence-corrected chi connectivity index (χ3v) is 3.37. The molecule has 6 heteroatoms. The van der Waals surface area contributed by atoms with Crippen LogP contribution in [0.15, 0.2) is 48.5 Å². The molecule has 0 fully saturated rings. The number of amides is 1. The van der Waals surface area contributed by atoms with Crippen molar-refractivity contribution in [3.8, 4) is 5.75 Å². The Kier molecular flexibility index (Phi) is 3.97. The number of carbonyl (C=O) groups is 1. The number of ether oxygens (including phenoxy) is 1. The zero-order chi connectivity index (χ0) is 16.4. The monoisotopic (exact) mass is 316 g/mol. The van der Waals surface area contributed by atoms with Gasteiger partial charge in [0.15, 0.2) is 0 Å². The first kappa shape index (κ1) is 15.0. The van der Waals surface area contributed by atoms with Crippen LogP contribution in [0.5, 0.6) is 5.75 Å². The Labute approximate surface area is 131 Å². The lowest BCUT2D eigenvalue weighted by molar-refractivity contribution is -0.0493. The van der Waals surface area contributed by atoms with Crippen LogP contribution in [0, 0.1) is 6.92 Å². The fourth-order valence-corrected chi connectivity index (χ4v) is 2.32. The topological polar surface area (TPSA) is 54.1 Å². The predicted molar refractivity (Wildman–Crippen MR) is 84.1 cm³/mol. The second-order valence-corrected chi connectivity index (χ2v) is 5.10. The van der Waals surface area contributed by atoms with Gasteiger partial charge in [0.05, 0.1) is 5.69 Å².